The Labute approximate surface area is 118 Å². The van der Waals surface area contributed by atoms with Crippen LogP contribution < -0.4 is 5.32 Å². The van der Waals surface area contributed by atoms with Crippen molar-refractivity contribution in [3.63, 3.8) is 0 Å². The SMILES string of the molecule is CC(C)(C)c1ccc(CCCCCNC2CC2)cc1. The van der Waals surface area contributed by atoms with E-state index >= 15 is 0 Å². The van der Waals surface area contributed by atoms with Crippen LogP contribution in [0.2, 0.25) is 0 Å². The van der Waals surface area contributed by atoms with Gasteiger partial charge in [0.1, 0.15) is 0 Å². The Morgan fingerprint density at radius 1 is 1.00 bits per heavy atom. The molecule has 0 saturated heterocycles. The van der Waals surface area contributed by atoms with Gasteiger partial charge in [-0.25, -0.2) is 0 Å². The van der Waals surface area contributed by atoms with Gasteiger partial charge in [-0.2, -0.15) is 0 Å². The quantitative estimate of drug-likeness (QED) is 0.713. The summed E-state index contributed by atoms with van der Waals surface area (Å²) in [6, 6.07) is 10.1. The molecule has 1 heteroatoms. The van der Waals surface area contributed by atoms with Gasteiger partial charge in [0.05, 0.1) is 0 Å². The fourth-order valence-electron chi connectivity index (χ4n) is 2.40. The van der Waals surface area contributed by atoms with Crippen molar-refractivity contribution < 1.29 is 0 Å². The Morgan fingerprint density at radius 3 is 2.26 bits per heavy atom. The van der Waals surface area contributed by atoms with Gasteiger partial charge >= 0.3 is 0 Å². The Balaban J connectivity index is 1.62. The molecule has 1 aromatic carbocycles. The highest BCUT2D eigenvalue weighted by atomic mass is 14.9. The van der Waals surface area contributed by atoms with E-state index in [1.54, 1.807) is 0 Å². The number of unbranched alkanes of at least 4 members (excludes halogenated alkanes) is 2. The maximum Gasteiger partial charge on any atom is 0.00682 e. The summed E-state index contributed by atoms with van der Waals surface area (Å²) in [5.41, 5.74) is 3.19. The summed E-state index contributed by atoms with van der Waals surface area (Å²) in [6.45, 7) is 8.03. The van der Waals surface area contributed by atoms with Gasteiger partial charge in [0.15, 0.2) is 0 Å². The summed E-state index contributed by atoms with van der Waals surface area (Å²) >= 11 is 0. The third kappa shape index (κ3) is 5.36. The second kappa shape index (κ2) is 6.56. The van der Waals surface area contributed by atoms with Gasteiger partial charge in [-0.3, -0.25) is 0 Å². The fraction of sp³-hybridized carbons (Fsp3) is 0.667. The molecule has 0 atom stereocenters. The highest BCUT2D eigenvalue weighted by Gasteiger charge is 2.19. The first kappa shape index (κ1) is 14.6. The van der Waals surface area contributed by atoms with Crippen LogP contribution in [0.5, 0.6) is 0 Å². The van der Waals surface area contributed by atoms with E-state index in [1.165, 1.54) is 56.2 Å². The Bertz CT molecular complexity index is 368. The Morgan fingerprint density at radius 2 is 1.68 bits per heavy atom. The van der Waals surface area contributed by atoms with Crippen LogP contribution in [0.25, 0.3) is 0 Å². The van der Waals surface area contributed by atoms with Gasteiger partial charge in [-0.15, -0.1) is 0 Å². The lowest BCUT2D eigenvalue weighted by molar-refractivity contribution is 0.588. The largest absolute Gasteiger partial charge is 0.314 e. The molecule has 0 aromatic heterocycles. The predicted molar refractivity (Wildman–Crippen MR) is 83.7 cm³/mol. The predicted octanol–water partition coefficient (Wildman–Crippen LogP) is 4.45. The Kier molecular flexibility index (Phi) is 5.04. The van der Waals surface area contributed by atoms with Crippen LogP contribution in [-0.2, 0) is 11.8 Å². The zero-order chi connectivity index (χ0) is 13.7. The first-order valence-electron chi connectivity index (χ1n) is 7.88. The topological polar surface area (TPSA) is 12.0 Å². The van der Waals surface area contributed by atoms with E-state index in [-0.39, 0.29) is 5.41 Å². The van der Waals surface area contributed by atoms with E-state index < -0.39 is 0 Å². The molecular formula is C18H29N. The normalized spacial score (nSPS) is 15.7. The summed E-state index contributed by atoms with van der Waals surface area (Å²) < 4.78 is 0. The molecule has 1 fully saturated rings. The van der Waals surface area contributed by atoms with Crippen molar-refractivity contribution in [2.75, 3.05) is 6.54 Å². The zero-order valence-corrected chi connectivity index (χ0v) is 12.8. The van der Waals surface area contributed by atoms with Crippen molar-refractivity contribution >= 4 is 0 Å². The number of hydrogen-bond acceptors (Lipinski definition) is 1. The second-order valence-electron chi connectivity index (χ2n) is 6.99. The fourth-order valence-corrected chi connectivity index (χ4v) is 2.40. The number of rotatable bonds is 7. The molecular weight excluding hydrogens is 230 g/mol. The molecule has 2 rings (SSSR count). The minimum absolute atomic E-state index is 0.271. The van der Waals surface area contributed by atoms with Crippen LogP contribution in [-0.4, -0.2) is 12.6 Å². The third-order valence-electron chi connectivity index (χ3n) is 3.97. The van der Waals surface area contributed by atoms with Crippen molar-refractivity contribution in [2.45, 2.75) is 70.8 Å². The molecule has 1 N–H and O–H groups in total. The van der Waals surface area contributed by atoms with Gasteiger partial charge in [-0.05, 0) is 55.2 Å². The average Bonchev–Trinajstić information content (AvgIpc) is 3.17. The lowest BCUT2D eigenvalue weighted by Crippen LogP contribution is -2.17. The molecule has 0 radical (unpaired) electrons. The molecule has 0 aliphatic heterocycles. The zero-order valence-electron chi connectivity index (χ0n) is 12.8. The molecule has 1 aliphatic carbocycles. The minimum atomic E-state index is 0.271. The van der Waals surface area contributed by atoms with E-state index in [2.05, 4.69) is 50.4 Å². The number of benzene rings is 1. The highest BCUT2D eigenvalue weighted by Crippen LogP contribution is 2.22. The summed E-state index contributed by atoms with van der Waals surface area (Å²) in [6.07, 6.45) is 8.03. The van der Waals surface area contributed by atoms with E-state index in [1.807, 2.05) is 0 Å². The van der Waals surface area contributed by atoms with Crippen molar-refractivity contribution in [3.8, 4) is 0 Å². The molecule has 1 nitrogen and oxygen atoms in total. The van der Waals surface area contributed by atoms with Crippen molar-refractivity contribution in [2.24, 2.45) is 0 Å². The maximum absolute atomic E-state index is 3.58. The average molecular weight is 259 g/mol. The molecule has 19 heavy (non-hydrogen) atoms. The maximum atomic E-state index is 3.58. The molecule has 106 valence electrons. The molecule has 0 heterocycles. The van der Waals surface area contributed by atoms with Crippen molar-refractivity contribution in [1.82, 2.24) is 5.32 Å². The minimum Gasteiger partial charge on any atom is -0.314 e. The van der Waals surface area contributed by atoms with Gasteiger partial charge in [0.2, 0.25) is 0 Å². The van der Waals surface area contributed by atoms with Crippen molar-refractivity contribution in [1.29, 1.82) is 0 Å². The summed E-state index contributed by atoms with van der Waals surface area (Å²) in [5, 5.41) is 3.58. The van der Waals surface area contributed by atoms with E-state index in [0.717, 1.165) is 6.04 Å². The van der Waals surface area contributed by atoms with Crippen LogP contribution in [0.4, 0.5) is 0 Å². The monoisotopic (exact) mass is 259 g/mol. The van der Waals surface area contributed by atoms with Gasteiger partial charge in [-0.1, -0.05) is 51.5 Å². The number of hydrogen-bond donors (Lipinski definition) is 1. The standard InChI is InChI=1S/C18H29N/c1-18(2,3)16-10-8-15(9-11-16)7-5-4-6-14-19-17-12-13-17/h8-11,17,19H,4-7,12-14H2,1-3H3. The third-order valence-corrected chi connectivity index (χ3v) is 3.97. The summed E-state index contributed by atoms with van der Waals surface area (Å²) in [5.74, 6) is 0. The van der Waals surface area contributed by atoms with Gasteiger partial charge < -0.3 is 5.32 Å². The smallest absolute Gasteiger partial charge is 0.00682 e. The number of nitrogens with one attached hydrogen (secondary N) is 1. The van der Waals surface area contributed by atoms with Crippen LogP contribution in [0.3, 0.4) is 0 Å². The van der Waals surface area contributed by atoms with Gasteiger partial charge in [0, 0.05) is 6.04 Å². The molecule has 0 spiro atoms. The Hall–Kier alpha value is -0.820. The highest BCUT2D eigenvalue weighted by molar-refractivity contribution is 5.27. The summed E-state index contributed by atoms with van der Waals surface area (Å²) in [7, 11) is 0. The first-order valence-corrected chi connectivity index (χ1v) is 7.88. The first-order chi connectivity index (χ1) is 9.05. The number of aryl methyl sites for hydroxylation is 1. The van der Waals surface area contributed by atoms with Gasteiger partial charge in [0.25, 0.3) is 0 Å². The van der Waals surface area contributed by atoms with Crippen LogP contribution in [0.15, 0.2) is 24.3 Å². The van der Waals surface area contributed by atoms with E-state index in [0.29, 0.717) is 0 Å². The lowest BCUT2D eigenvalue weighted by Gasteiger charge is -2.19. The van der Waals surface area contributed by atoms with Crippen LogP contribution in [0.1, 0.15) is 64.0 Å². The van der Waals surface area contributed by atoms with E-state index in [4.69, 9.17) is 0 Å². The second-order valence-corrected chi connectivity index (χ2v) is 6.99. The molecule has 0 unspecified atom stereocenters. The molecule has 0 amide bonds. The molecule has 1 aliphatic rings. The van der Waals surface area contributed by atoms with Crippen LogP contribution in [0, 0.1) is 0 Å². The molecule has 0 bridgehead atoms. The molecule has 1 aromatic rings. The summed E-state index contributed by atoms with van der Waals surface area (Å²) in [4.78, 5) is 0. The lowest BCUT2D eigenvalue weighted by atomic mass is 9.86. The molecule has 1 saturated carbocycles. The van der Waals surface area contributed by atoms with Crippen molar-refractivity contribution in [3.05, 3.63) is 35.4 Å². The van der Waals surface area contributed by atoms with E-state index in [9.17, 15) is 0 Å². The van der Waals surface area contributed by atoms with Crippen LogP contribution >= 0.6 is 0 Å².